The molecule has 0 radical (unpaired) electrons. The van der Waals surface area contributed by atoms with Gasteiger partial charge in [-0.15, -0.1) is 0 Å². The summed E-state index contributed by atoms with van der Waals surface area (Å²) in [6, 6.07) is 10.8. The average molecular weight is 352 g/mol. The second kappa shape index (κ2) is 14.5. The van der Waals surface area contributed by atoms with E-state index in [1.165, 1.54) is 69.8 Å². The molecule has 0 aliphatic carbocycles. The van der Waals surface area contributed by atoms with Gasteiger partial charge in [-0.25, -0.2) is 0 Å². The van der Waals surface area contributed by atoms with E-state index in [9.17, 15) is 0 Å². The lowest BCUT2D eigenvalue weighted by Gasteiger charge is -2.25. The minimum atomic E-state index is 0. The second-order valence-corrected chi connectivity index (χ2v) is 7.42. The Kier molecular flexibility index (Phi) is 14.1. The van der Waals surface area contributed by atoms with Gasteiger partial charge in [0.25, 0.3) is 0 Å². The summed E-state index contributed by atoms with van der Waals surface area (Å²) in [6.07, 6.45) is 18.6. The van der Waals surface area contributed by atoms with Crippen molar-refractivity contribution in [3.05, 3.63) is 48.2 Å². The van der Waals surface area contributed by atoms with Gasteiger partial charge in [-0.05, 0) is 18.9 Å². The molecule has 24 heavy (non-hydrogen) atoms. The lowest BCUT2D eigenvalue weighted by Crippen LogP contribution is -3.00. The summed E-state index contributed by atoms with van der Waals surface area (Å²) < 4.78 is 0.932. The highest BCUT2D eigenvalue weighted by Gasteiger charge is 2.11. The Morgan fingerprint density at radius 1 is 0.792 bits per heavy atom. The summed E-state index contributed by atoms with van der Waals surface area (Å²) >= 11 is 0. The van der Waals surface area contributed by atoms with Crippen LogP contribution in [0.3, 0.4) is 0 Å². The number of unbranched alkanes of at least 4 members (excludes halogenated alkanes) is 9. The number of rotatable bonds is 13. The molecule has 0 heterocycles. The number of hydrogen-bond donors (Lipinski definition) is 0. The molecule has 138 valence electrons. The standard InChI is InChI=1S/C22H38N.ClH/c1-4-5-6-7-8-9-10-11-12-13-17-20-23(2,3)21-22-18-15-14-16-19-22;/h14-20H,4-13,21H2,1-3H3;1H/q+1;/p-1. The van der Waals surface area contributed by atoms with E-state index in [-0.39, 0.29) is 12.4 Å². The molecule has 0 bridgehead atoms. The van der Waals surface area contributed by atoms with Crippen LogP contribution >= 0.6 is 0 Å². The fourth-order valence-electron chi connectivity index (χ4n) is 3.04. The maximum atomic E-state index is 2.38. The van der Waals surface area contributed by atoms with Crippen molar-refractivity contribution in [2.45, 2.75) is 77.7 Å². The second-order valence-electron chi connectivity index (χ2n) is 7.42. The number of hydrogen-bond acceptors (Lipinski definition) is 0. The van der Waals surface area contributed by atoms with Crippen molar-refractivity contribution < 1.29 is 16.9 Å². The summed E-state index contributed by atoms with van der Waals surface area (Å²) in [5.41, 5.74) is 1.41. The predicted octanol–water partition coefficient (Wildman–Crippen LogP) is 3.70. The zero-order chi connectivity index (χ0) is 16.8. The molecule has 0 unspecified atom stereocenters. The van der Waals surface area contributed by atoms with Crippen LogP contribution in [0.4, 0.5) is 0 Å². The number of benzene rings is 1. The van der Waals surface area contributed by atoms with Gasteiger partial charge < -0.3 is 12.4 Å². The van der Waals surface area contributed by atoms with Crippen molar-refractivity contribution in [3.8, 4) is 0 Å². The van der Waals surface area contributed by atoms with E-state index < -0.39 is 0 Å². The first kappa shape index (κ1) is 23.2. The van der Waals surface area contributed by atoms with Gasteiger partial charge in [-0.2, -0.15) is 0 Å². The van der Waals surface area contributed by atoms with Gasteiger partial charge in [0.1, 0.15) is 6.54 Å². The van der Waals surface area contributed by atoms with Gasteiger partial charge in [0.05, 0.1) is 20.3 Å². The number of halogens is 1. The van der Waals surface area contributed by atoms with Crippen molar-refractivity contribution in [2.75, 3.05) is 14.1 Å². The van der Waals surface area contributed by atoms with E-state index in [0.29, 0.717) is 0 Å². The molecule has 0 amide bonds. The minimum absolute atomic E-state index is 0. The molecule has 0 atom stereocenters. The van der Waals surface area contributed by atoms with Crippen molar-refractivity contribution in [1.29, 1.82) is 0 Å². The number of quaternary nitrogens is 1. The largest absolute Gasteiger partial charge is 1.00 e. The Hall–Kier alpha value is -0.790. The average Bonchev–Trinajstić information content (AvgIpc) is 2.53. The molecule has 1 aromatic rings. The minimum Gasteiger partial charge on any atom is -1.00 e. The van der Waals surface area contributed by atoms with Gasteiger partial charge in [0.15, 0.2) is 0 Å². The zero-order valence-corrected chi connectivity index (χ0v) is 16.9. The summed E-state index contributed by atoms with van der Waals surface area (Å²) in [7, 11) is 4.56. The lowest BCUT2D eigenvalue weighted by atomic mass is 10.1. The number of nitrogens with zero attached hydrogens (tertiary/aromatic N) is 1. The molecule has 1 rings (SSSR count). The third kappa shape index (κ3) is 12.6. The SMILES string of the molecule is CCCCCCCCCCCC=C[N+](C)(C)Cc1ccccc1.[Cl-]. The van der Waals surface area contributed by atoms with Crippen LogP contribution in [-0.2, 0) is 6.54 Å². The van der Waals surface area contributed by atoms with Crippen molar-refractivity contribution in [2.24, 2.45) is 0 Å². The molecule has 0 saturated carbocycles. The molecule has 2 heteroatoms. The highest BCUT2D eigenvalue weighted by atomic mass is 35.5. The third-order valence-electron chi connectivity index (χ3n) is 4.42. The molecule has 0 aromatic heterocycles. The van der Waals surface area contributed by atoms with Crippen LogP contribution in [0.25, 0.3) is 0 Å². The van der Waals surface area contributed by atoms with E-state index in [1.54, 1.807) is 0 Å². The smallest absolute Gasteiger partial charge is 0.108 e. The Morgan fingerprint density at radius 2 is 1.33 bits per heavy atom. The number of allylic oxidation sites excluding steroid dienone is 1. The molecule has 0 saturated heterocycles. The first-order chi connectivity index (χ1) is 11.1. The van der Waals surface area contributed by atoms with Gasteiger partial charge >= 0.3 is 0 Å². The molecule has 0 aliphatic heterocycles. The van der Waals surface area contributed by atoms with Gasteiger partial charge in [-0.3, -0.25) is 4.48 Å². The highest BCUT2D eigenvalue weighted by Crippen LogP contribution is 2.13. The molecule has 0 N–H and O–H groups in total. The summed E-state index contributed by atoms with van der Waals surface area (Å²) in [5, 5.41) is 0. The van der Waals surface area contributed by atoms with E-state index in [1.807, 2.05) is 0 Å². The van der Waals surface area contributed by atoms with Crippen LogP contribution in [0, 0.1) is 0 Å². The van der Waals surface area contributed by atoms with E-state index in [0.717, 1.165) is 11.0 Å². The van der Waals surface area contributed by atoms with Crippen molar-refractivity contribution >= 4 is 0 Å². The summed E-state index contributed by atoms with van der Waals surface area (Å²) in [4.78, 5) is 0. The summed E-state index contributed by atoms with van der Waals surface area (Å²) in [5.74, 6) is 0. The van der Waals surface area contributed by atoms with E-state index in [2.05, 4.69) is 63.6 Å². The van der Waals surface area contributed by atoms with Crippen molar-refractivity contribution in [1.82, 2.24) is 0 Å². The lowest BCUT2D eigenvalue weighted by molar-refractivity contribution is -0.852. The first-order valence-corrected chi connectivity index (χ1v) is 9.68. The van der Waals surface area contributed by atoms with E-state index in [4.69, 9.17) is 0 Å². The molecule has 0 spiro atoms. The third-order valence-corrected chi connectivity index (χ3v) is 4.42. The van der Waals surface area contributed by atoms with Gasteiger partial charge in [0, 0.05) is 5.56 Å². The van der Waals surface area contributed by atoms with Crippen LogP contribution in [0.2, 0.25) is 0 Å². The maximum Gasteiger partial charge on any atom is 0.108 e. The highest BCUT2D eigenvalue weighted by molar-refractivity contribution is 5.13. The van der Waals surface area contributed by atoms with Crippen LogP contribution < -0.4 is 12.4 Å². The van der Waals surface area contributed by atoms with Crippen molar-refractivity contribution in [3.63, 3.8) is 0 Å². The normalized spacial score (nSPS) is 11.6. The Labute approximate surface area is 157 Å². The van der Waals surface area contributed by atoms with Crippen LogP contribution in [-0.4, -0.2) is 18.6 Å². The molecular formula is C22H38ClN. The Balaban J connectivity index is 0.00000529. The molecule has 1 nitrogen and oxygen atoms in total. The monoisotopic (exact) mass is 351 g/mol. The van der Waals surface area contributed by atoms with Crippen LogP contribution in [0.15, 0.2) is 42.6 Å². The maximum absolute atomic E-state index is 2.38. The Bertz CT molecular complexity index is 411. The molecular weight excluding hydrogens is 314 g/mol. The zero-order valence-electron chi connectivity index (χ0n) is 16.1. The van der Waals surface area contributed by atoms with Gasteiger partial charge in [0.2, 0.25) is 0 Å². The first-order valence-electron chi connectivity index (χ1n) is 9.68. The topological polar surface area (TPSA) is 0 Å². The van der Waals surface area contributed by atoms with Crippen LogP contribution in [0.1, 0.15) is 76.7 Å². The molecule has 0 fully saturated rings. The quantitative estimate of drug-likeness (QED) is 0.375. The fourth-order valence-corrected chi connectivity index (χ4v) is 3.04. The fraction of sp³-hybridized carbons (Fsp3) is 0.636. The predicted molar refractivity (Wildman–Crippen MR) is 103 cm³/mol. The summed E-state index contributed by atoms with van der Waals surface area (Å²) in [6.45, 7) is 3.35. The van der Waals surface area contributed by atoms with E-state index >= 15 is 0 Å². The van der Waals surface area contributed by atoms with Gasteiger partial charge in [-0.1, -0.05) is 88.6 Å². The molecule has 1 aromatic carbocycles. The van der Waals surface area contributed by atoms with Crippen LogP contribution in [0.5, 0.6) is 0 Å². The Morgan fingerprint density at radius 3 is 1.92 bits per heavy atom. The molecule has 0 aliphatic rings.